The number of benzene rings is 1. The summed E-state index contributed by atoms with van der Waals surface area (Å²) < 4.78 is 6.90. The zero-order valence-electron chi connectivity index (χ0n) is 13.8. The summed E-state index contributed by atoms with van der Waals surface area (Å²) in [4.78, 5) is 16.9. The molecule has 0 saturated carbocycles. The van der Waals surface area contributed by atoms with Gasteiger partial charge in [0.25, 0.3) is 0 Å². The number of hydrogen-bond acceptors (Lipinski definition) is 7. The summed E-state index contributed by atoms with van der Waals surface area (Å²) >= 11 is 6.14. The van der Waals surface area contributed by atoms with Gasteiger partial charge >= 0.3 is 0 Å². The van der Waals surface area contributed by atoms with Crippen LogP contribution in [-0.2, 0) is 17.9 Å². The average molecular weight is 374 g/mol. The van der Waals surface area contributed by atoms with E-state index in [2.05, 4.69) is 31.0 Å². The number of tetrazole rings is 1. The van der Waals surface area contributed by atoms with Crippen LogP contribution in [0, 0.1) is 0 Å². The number of nitrogens with zero attached hydrogens (tertiary/aromatic N) is 6. The van der Waals surface area contributed by atoms with Crippen molar-refractivity contribution in [3.63, 3.8) is 0 Å². The molecular formula is C16H16ClN7O2. The van der Waals surface area contributed by atoms with Crippen molar-refractivity contribution in [2.45, 2.75) is 38.3 Å². The lowest BCUT2D eigenvalue weighted by atomic mass is 10.0. The highest BCUT2D eigenvalue weighted by molar-refractivity contribution is 6.33. The zero-order chi connectivity index (χ0) is 17.9. The maximum absolute atomic E-state index is 12.6. The van der Waals surface area contributed by atoms with Crippen LogP contribution in [0.5, 0.6) is 0 Å². The summed E-state index contributed by atoms with van der Waals surface area (Å²) in [7, 11) is 0. The molecule has 0 bridgehead atoms. The van der Waals surface area contributed by atoms with Crippen molar-refractivity contribution in [2.24, 2.45) is 0 Å². The third kappa shape index (κ3) is 3.30. The van der Waals surface area contributed by atoms with Crippen molar-refractivity contribution in [1.29, 1.82) is 0 Å². The monoisotopic (exact) mass is 373 g/mol. The van der Waals surface area contributed by atoms with E-state index in [9.17, 15) is 4.79 Å². The molecule has 1 N–H and O–H groups in total. The quantitative estimate of drug-likeness (QED) is 0.743. The van der Waals surface area contributed by atoms with Gasteiger partial charge in [0, 0.05) is 12.1 Å². The SMILES string of the molecule is O=C(NCc1nc(-c2ccccc2Cl)no1)[C@@H]1CCCCn2nnnc21. The molecule has 26 heavy (non-hydrogen) atoms. The number of nitrogens with one attached hydrogen (secondary N) is 1. The number of rotatable bonds is 4. The smallest absolute Gasteiger partial charge is 0.246 e. The summed E-state index contributed by atoms with van der Waals surface area (Å²) in [6.07, 6.45) is 2.59. The second kappa shape index (κ2) is 7.20. The van der Waals surface area contributed by atoms with Crippen LogP contribution in [0.1, 0.15) is 36.9 Å². The average Bonchev–Trinajstić information content (AvgIpc) is 3.26. The molecule has 10 heteroatoms. The van der Waals surface area contributed by atoms with Gasteiger partial charge in [-0.1, -0.05) is 35.3 Å². The minimum atomic E-state index is -0.376. The Hall–Kier alpha value is -2.81. The van der Waals surface area contributed by atoms with Crippen LogP contribution in [0.15, 0.2) is 28.8 Å². The molecule has 3 aromatic rings. The molecule has 0 radical (unpaired) electrons. The lowest BCUT2D eigenvalue weighted by Crippen LogP contribution is -2.30. The lowest BCUT2D eigenvalue weighted by Gasteiger charge is -2.12. The van der Waals surface area contributed by atoms with Gasteiger partial charge in [0.05, 0.1) is 17.5 Å². The number of fused-ring (bicyclic) bond motifs is 1. The molecule has 134 valence electrons. The molecule has 4 rings (SSSR count). The van der Waals surface area contributed by atoms with Crippen LogP contribution in [-0.4, -0.2) is 36.3 Å². The van der Waals surface area contributed by atoms with E-state index in [0.717, 1.165) is 19.4 Å². The van der Waals surface area contributed by atoms with E-state index in [4.69, 9.17) is 16.1 Å². The van der Waals surface area contributed by atoms with Crippen molar-refractivity contribution in [3.8, 4) is 11.4 Å². The van der Waals surface area contributed by atoms with Crippen LogP contribution in [0.2, 0.25) is 5.02 Å². The fraction of sp³-hybridized carbons (Fsp3) is 0.375. The van der Waals surface area contributed by atoms with Crippen LogP contribution >= 0.6 is 11.6 Å². The number of aryl methyl sites for hydroxylation is 1. The largest absolute Gasteiger partial charge is 0.346 e. The standard InChI is InChI=1S/C16H16ClN7O2/c17-12-7-2-1-5-10(12)14-19-13(26-21-14)9-18-16(25)11-6-3-4-8-24-15(11)20-22-23-24/h1-2,5,7,11H,3-4,6,8-9H2,(H,18,25)/t11-/m1/s1. The van der Waals surface area contributed by atoms with Gasteiger partial charge in [0.2, 0.25) is 17.6 Å². The minimum absolute atomic E-state index is 0.133. The molecule has 0 saturated heterocycles. The third-order valence-corrected chi connectivity index (χ3v) is 4.63. The minimum Gasteiger partial charge on any atom is -0.346 e. The Labute approximate surface area is 153 Å². The number of amides is 1. The summed E-state index contributed by atoms with van der Waals surface area (Å²) in [5, 5.41) is 18.9. The molecule has 0 spiro atoms. The summed E-state index contributed by atoms with van der Waals surface area (Å²) in [6.45, 7) is 0.866. The molecule has 0 fully saturated rings. The van der Waals surface area contributed by atoms with Crippen LogP contribution in [0.3, 0.4) is 0 Å². The summed E-state index contributed by atoms with van der Waals surface area (Å²) in [5.74, 6) is 0.765. The van der Waals surface area contributed by atoms with Crippen molar-refractivity contribution >= 4 is 17.5 Å². The first kappa shape index (κ1) is 16.6. The van der Waals surface area contributed by atoms with Gasteiger partial charge < -0.3 is 9.84 Å². The van der Waals surface area contributed by atoms with E-state index < -0.39 is 0 Å². The van der Waals surface area contributed by atoms with Gasteiger partial charge in [-0.2, -0.15) is 4.98 Å². The molecule has 2 aromatic heterocycles. The van der Waals surface area contributed by atoms with Gasteiger partial charge in [-0.3, -0.25) is 4.79 Å². The zero-order valence-corrected chi connectivity index (χ0v) is 14.6. The van der Waals surface area contributed by atoms with Gasteiger partial charge in [0.15, 0.2) is 5.82 Å². The molecule has 0 aliphatic carbocycles. The van der Waals surface area contributed by atoms with Crippen LogP contribution in [0.25, 0.3) is 11.4 Å². The molecular weight excluding hydrogens is 358 g/mol. The molecule has 1 aliphatic heterocycles. The highest BCUT2D eigenvalue weighted by atomic mass is 35.5. The topological polar surface area (TPSA) is 112 Å². The Morgan fingerprint density at radius 1 is 1.35 bits per heavy atom. The maximum atomic E-state index is 12.6. The molecule has 0 unspecified atom stereocenters. The fourth-order valence-corrected chi connectivity index (χ4v) is 3.19. The number of carbonyl (C=O) groups is 1. The summed E-state index contributed by atoms with van der Waals surface area (Å²) in [5.41, 5.74) is 0.679. The Morgan fingerprint density at radius 3 is 3.12 bits per heavy atom. The van der Waals surface area contributed by atoms with Crippen LogP contribution < -0.4 is 5.32 Å². The number of carbonyl (C=O) groups excluding carboxylic acids is 1. The Balaban J connectivity index is 1.44. The Bertz CT molecular complexity index is 923. The predicted octanol–water partition coefficient (Wildman–Crippen LogP) is 1.96. The first-order valence-corrected chi connectivity index (χ1v) is 8.71. The van der Waals surface area contributed by atoms with E-state index in [1.165, 1.54) is 0 Å². The van der Waals surface area contributed by atoms with E-state index in [1.54, 1.807) is 16.8 Å². The molecule has 9 nitrogen and oxygen atoms in total. The predicted molar refractivity (Wildman–Crippen MR) is 91.0 cm³/mol. The van der Waals surface area contributed by atoms with E-state index in [-0.39, 0.29) is 18.4 Å². The number of hydrogen-bond donors (Lipinski definition) is 1. The molecule has 1 aromatic carbocycles. The third-order valence-electron chi connectivity index (χ3n) is 4.30. The van der Waals surface area contributed by atoms with Crippen molar-refractivity contribution in [2.75, 3.05) is 0 Å². The van der Waals surface area contributed by atoms with Crippen molar-refractivity contribution in [1.82, 2.24) is 35.7 Å². The van der Waals surface area contributed by atoms with E-state index in [0.29, 0.717) is 34.5 Å². The van der Waals surface area contributed by atoms with Gasteiger partial charge in [-0.05, 0) is 35.4 Å². The van der Waals surface area contributed by atoms with Gasteiger partial charge in [-0.25, -0.2) is 4.68 Å². The number of aromatic nitrogens is 6. The fourth-order valence-electron chi connectivity index (χ4n) is 2.97. The molecule has 3 heterocycles. The maximum Gasteiger partial charge on any atom is 0.246 e. The van der Waals surface area contributed by atoms with Crippen molar-refractivity contribution in [3.05, 3.63) is 41.0 Å². The first-order valence-electron chi connectivity index (χ1n) is 8.33. The second-order valence-corrected chi connectivity index (χ2v) is 6.43. The summed E-state index contributed by atoms with van der Waals surface area (Å²) in [6, 6.07) is 7.23. The second-order valence-electron chi connectivity index (χ2n) is 6.02. The lowest BCUT2D eigenvalue weighted by molar-refractivity contribution is -0.123. The van der Waals surface area contributed by atoms with Gasteiger partial charge in [-0.15, -0.1) is 5.10 Å². The van der Waals surface area contributed by atoms with E-state index in [1.807, 2.05) is 12.1 Å². The molecule has 1 amide bonds. The highest BCUT2D eigenvalue weighted by Gasteiger charge is 2.28. The van der Waals surface area contributed by atoms with E-state index >= 15 is 0 Å². The highest BCUT2D eigenvalue weighted by Crippen LogP contribution is 2.26. The van der Waals surface area contributed by atoms with Crippen molar-refractivity contribution < 1.29 is 9.32 Å². The molecule has 1 atom stereocenters. The first-order chi connectivity index (χ1) is 12.7. The normalized spacial score (nSPS) is 16.7. The molecule has 1 aliphatic rings. The Morgan fingerprint density at radius 2 is 2.23 bits per heavy atom. The van der Waals surface area contributed by atoms with Gasteiger partial charge in [0.1, 0.15) is 0 Å². The van der Waals surface area contributed by atoms with Crippen LogP contribution in [0.4, 0.5) is 0 Å². The Kier molecular flexibility index (Phi) is 4.61. The number of halogens is 1.